The van der Waals surface area contributed by atoms with Crippen molar-refractivity contribution in [1.82, 2.24) is 9.78 Å². The second-order valence-electron chi connectivity index (χ2n) is 5.13. The van der Waals surface area contributed by atoms with Crippen molar-refractivity contribution >= 4 is 5.82 Å². The number of nitrogens with zero attached hydrogens (tertiary/aromatic N) is 2. The maximum absolute atomic E-state index is 13.8. The van der Waals surface area contributed by atoms with Crippen LogP contribution in [0.4, 0.5) is 10.2 Å². The van der Waals surface area contributed by atoms with Crippen LogP contribution in [0.3, 0.4) is 0 Å². The van der Waals surface area contributed by atoms with Crippen molar-refractivity contribution in [2.45, 2.75) is 25.9 Å². The van der Waals surface area contributed by atoms with Crippen molar-refractivity contribution in [2.24, 2.45) is 7.05 Å². The maximum atomic E-state index is 13.8. The quantitative estimate of drug-likeness (QED) is 0.906. The van der Waals surface area contributed by atoms with Crippen LogP contribution in [0.5, 0.6) is 0 Å². The molecule has 1 heterocycles. The van der Waals surface area contributed by atoms with E-state index in [1.165, 1.54) is 0 Å². The van der Waals surface area contributed by atoms with Crippen molar-refractivity contribution in [3.8, 4) is 11.3 Å². The first-order valence-corrected chi connectivity index (χ1v) is 5.93. The van der Waals surface area contributed by atoms with Gasteiger partial charge in [-0.05, 0) is 19.4 Å². The molecule has 96 valence electrons. The molecule has 2 rings (SSSR count). The van der Waals surface area contributed by atoms with Crippen molar-refractivity contribution < 1.29 is 4.39 Å². The summed E-state index contributed by atoms with van der Waals surface area (Å²) in [4.78, 5) is 0. The zero-order valence-electron chi connectivity index (χ0n) is 10.9. The summed E-state index contributed by atoms with van der Waals surface area (Å²) in [5.41, 5.74) is 7.22. The molecule has 1 aromatic heterocycles. The van der Waals surface area contributed by atoms with Crippen molar-refractivity contribution in [3.05, 3.63) is 35.9 Å². The minimum absolute atomic E-state index is 0.361. The molecule has 0 amide bonds. The molecule has 0 saturated heterocycles. The number of nitrogens with two attached hydrogens (primary N) is 1. The van der Waals surface area contributed by atoms with Gasteiger partial charge in [-0.15, -0.1) is 0 Å². The van der Waals surface area contributed by atoms with Crippen LogP contribution < -0.4 is 5.73 Å². The number of hydrogen-bond acceptors (Lipinski definition) is 2. The van der Waals surface area contributed by atoms with E-state index in [4.69, 9.17) is 5.73 Å². The van der Waals surface area contributed by atoms with Crippen LogP contribution in [0, 0.1) is 0 Å². The van der Waals surface area contributed by atoms with Crippen LogP contribution in [0.25, 0.3) is 11.3 Å². The van der Waals surface area contributed by atoms with E-state index in [9.17, 15) is 4.39 Å². The zero-order chi connectivity index (χ0) is 13.3. The van der Waals surface area contributed by atoms with Gasteiger partial charge in [0, 0.05) is 25.1 Å². The summed E-state index contributed by atoms with van der Waals surface area (Å²) in [6.07, 6.45) is 0.361. The van der Waals surface area contributed by atoms with Crippen LogP contribution in [-0.2, 0) is 13.5 Å². The van der Waals surface area contributed by atoms with Gasteiger partial charge >= 0.3 is 0 Å². The molecule has 0 saturated carbocycles. The first-order chi connectivity index (χ1) is 8.37. The monoisotopic (exact) mass is 247 g/mol. The Balaban J connectivity index is 2.44. The molecule has 0 aliphatic carbocycles. The fourth-order valence-corrected chi connectivity index (χ4v) is 1.99. The van der Waals surface area contributed by atoms with Gasteiger partial charge in [0.15, 0.2) is 0 Å². The maximum Gasteiger partial charge on any atom is 0.121 e. The Kier molecular flexibility index (Phi) is 3.11. The molecule has 0 spiro atoms. The van der Waals surface area contributed by atoms with E-state index in [1.54, 1.807) is 25.6 Å². The van der Waals surface area contributed by atoms with Gasteiger partial charge < -0.3 is 5.73 Å². The van der Waals surface area contributed by atoms with Crippen LogP contribution in [0.15, 0.2) is 30.3 Å². The van der Waals surface area contributed by atoms with E-state index in [1.807, 2.05) is 30.3 Å². The van der Waals surface area contributed by atoms with Gasteiger partial charge in [-0.25, -0.2) is 4.39 Å². The molecular formula is C14H18FN3. The van der Waals surface area contributed by atoms with E-state index in [0.29, 0.717) is 12.2 Å². The Morgan fingerprint density at radius 1 is 1.33 bits per heavy atom. The van der Waals surface area contributed by atoms with Crippen LogP contribution in [0.1, 0.15) is 19.4 Å². The number of nitrogen functional groups attached to an aromatic ring is 1. The fourth-order valence-electron chi connectivity index (χ4n) is 1.99. The molecule has 0 atom stereocenters. The number of benzene rings is 1. The zero-order valence-corrected chi connectivity index (χ0v) is 10.9. The van der Waals surface area contributed by atoms with Crippen molar-refractivity contribution in [2.75, 3.05) is 5.73 Å². The van der Waals surface area contributed by atoms with Crippen LogP contribution in [-0.4, -0.2) is 15.4 Å². The summed E-state index contributed by atoms with van der Waals surface area (Å²) in [6.45, 7) is 3.16. The molecule has 0 aliphatic rings. The molecule has 0 unspecified atom stereocenters. The Labute approximate surface area is 106 Å². The van der Waals surface area contributed by atoms with Crippen molar-refractivity contribution in [3.63, 3.8) is 0 Å². The predicted octanol–water partition coefficient (Wildman–Crippen LogP) is 2.96. The summed E-state index contributed by atoms with van der Waals surface area (Å²) in [5, 5.41) is 4.34. The van der Waals surface area contributed by atoms with Crippen LogP contribution in [0.2, 0.25) is 0 Å². The number of halogens is 1. The number of anilines is 1. The fraction of sp³-hybridized carbons (Fsp3) is 0.357. The van der Waals surface area contributed by atoms with E-state index in [-0.39, 0.29) is 0 Å². The molecule has 0 radical (unpaired) electrons. The van der Waals surface area contributed by atoms with Gasteiger partial charge in [0.05, 0.1) is 5.69 Å². The third-order valence-corrected chi connectivity index (χ3v) is 2.82. The average Bonchev–Trinajstić information content (AvgIpc) is 2.57. The highest BCUT2D eigenvalue weighted by atomic mass is 19.1. The Morgan fingerprint density at radius 2 is 2.00 bits per heavy atom. The lowest BCUT2D eigenvalue weighted by molar-refractivity contribution is 0.217. The number of hydrogen-bond donors (Lipinski definition) is 1. The molecule has 0 aliphatic heterocycles. The van der Waals surface area contributed by atoms with Crippen molar-refractivity contribution in [1.29, 1.82) is 0 Å². The Bertz CT molecular complexity index is 533. The van der Waals surface area contributed by atoms with Crippen LogP contribution >= 0.6 is 0 Å². The highest BCUT2D eigenvalue weighted by molar-refractivity contribution is 5.66. The molecular weight excluding hydrogens is 229 g/mol. The third-order valence-electron chi connectivity index (χ3n) is 2.82. The first kappa shape index (κ1) is 12.6. The van der Waals surface area contributed by atoms with Gasteiger partial charge in [0.1, 0.15) is 11.5 Å². The second-order valence-corrected chi connectivity index (χ2v) is 5.13. The lowest BCUT2D eigenvalue weighted by Gasteiger charge is -2.16. The number of aromatic nitrogens is 2. The molecule has 2 aromatic rings. The highest BCUT2D eigenvalue weighted by Gasteiger charge is 2.19. The molecule has 0 fully saturated rings. The number of alkyl halides is 1. The molecule has 18 heavy (non-hydrogen) atoms. The molecule has 4 heteroatoms. The van der Waals surface area contributed by atoms with Gasteiger partial charge in [-0.3, -0.25) is 4.68 Å². The van der Waals surface area contributed by atoms with E-state index < -0.39 is 5.67 Å². The van der Waals surface area contributed by atoms with Gasteiger partial charge in [-0.2, -0.15) is 5.10 Å². The summed E-state index contributed by atoms with van der Waals surface area (Å²) in [7, 11) is 1.79. The summed E-state index contributed by atoms with van der Waals surface area (Å²) in [5.74, 6) is 0.597. The summed E-state index contributed by atoms with van der Waals surface area (Å²) >= 11 is 0. The SMILES string of the molecule is Cn1nc(-c2ccccc2CC(C)(C)F)cc1N. The summed E-state index contributed by atoms with van der Waals surface area (Å²) in [6, 6.07) is 9.53. The molecule has 0 bridgehead atoms. The average molecular weight is 247 g/mol. The topological polar surface area (TPSA) is 43.8 Å². The number of aryl methyl sites for hydroxylation is 1. The second kappa shape index (κ2) is 4.44. The van der Waals surface area contributed by atoms with E-state index in [2.05, 4.69) is 5.10 Å². The molecule has 1 aromatic carbocycles. The Morgan fingerprint density at radius 3 is 2.56 bits per heavy atom. The largest absolute Gasteiger partial charge is 0.384 e. The molecule has 3 nitrogen and oxygen atoms in total. The smallest absolute Gasteiger partial charge is 0.121 e. The minimum atomic E-state index is -1.24. The predicted molar refractivity (Wildman–Crippen MR) is 71.9 cm³/mol. The standard InChI is InChI=1S/C14H18FN3/c1-14(2,15)9-10-6-4-5-7-11(10)12-8-13(16)18(3)17-12/h4-8H,9,16H2,1-3H3. The lowest BCUT2D eigenvalue weighted by atomic mass is 9.95. The summed E-state index contributed by atoms with van der Waals surface area (Å²) < 4.78 is 15.4. The highest BCUT2D eigenvalue weighted by Crippen LogP contribution is 2.27. The van der Waals surface area contributed by atoms with Gasteiger partial charge in [0.2, 0.25) is 0 Å². The van der Waals surface area contributed by atoms with Gasteiger partial charge in [0.25, 0.3) is 0 Å². The molecule has 2 N–H and O–H groups in total. The van der Waals surface area contributed by atoms with E-state index >= 15 is 0 Å². The third kappa shape index (κ3) is 2.70. The number of rotatable bonds is 3. The lowest BCUT2D eigenvalue weighted by Crippen LogP contribution is -2.16. The normalized spacial score (nSPS) is 11.8. The Hall–Kier alpha value is -1.84. The van der Waals surface area contributed by atoms with E-state index in [0.717, 1.165) is 16.8 Å². The minimum Gasteiger partial charge on any atom is -0.384 e. The van der Waals surface area contributed by atoms with Gasteiger partial charge in [-0.1, -0.05) is 24.3 Å². The first-order valence-electron chi connectivity index (χ1n) is 5.93.